The maximum absolute atomic E-state index is 12.4. The van der Waals surface area contributed by atoms with E-state index < -0.39 is 11.5 Å². The molecule has 0 radical (unpaired) electrons. The Labute approximate surface area is 113 Å². The van der Waals surface area contributed by atoms with Crippen molar-refractivity contribution in [3.63, 3.8) is 0 Å². The Morgan fingerprint density at radius 2 is 2.00 bits per heavy atom. The zero-order chi connectivity index (χ0) is 14.0. The van der Waals surface area contributed by atoms with Crippen LogP contribution in [0.25, 0.3) is 0 Å². The van der Waals surface area contributed by atoms with Gasteiger partial charge in [-0.2, -0.15) is 0 Å². The van der Waals surface area contributed by atoms with Crippen molar-refractivity contribution in [3.8, 4) is 0 Å². The molecule has 0 aliphatic carbocycles. The van der Waals surface area contributed by atoms with Crippen molar-refractivity contribution in [2.75, 3.05) is 0 Å². The highest BCUT2D eigenvalue weighted by molar-refractivity contribution is 5.81. The van der Waals surface area contributed by atoms with Crippen LogP contribution in [0.4, 0.5) is 0 Å². The molecule has 2 aliphatic rings. The maximum Gasteiger partial charge on any atom is 0.305 e. The number of rotatable bonds is 6. The number of ether oxygens (including phenoxy) is 1. The Bertz CT molecular complexity index is 364. The SMILES string of the molecule is CCC(CC)(CC(=O)O)NC(=O)C1CC2CCC1O2. The van der Waals surface area contributed by atoms with Crippen LogP contribution in [0.2, 0.25) is 0 Å². The van der Waals surface area contributed by atoms with Crippen LogP contribution >= 0.6 is 0 Å². The summed E-state index contributed by atoms with van der Waals surface area (Å²) in [5.74, 6) is -0.990. The molecule has 5 nitrogen and oxygen atoms in total. The van der Waals surface area contributed by atoms with Gasteiger partial charge in [-0.05, 0) is 32.1 Å². The monoisotopic (exact) mass is 269 g/mol. The fourth-order valence-corrected chi connectivity index (χ4v) is 3.28. The molecular weight excluding hydrogens is 246 g/mol. The largest absolute Gasteiger partial charge is 0.481 e. The third-order valence-corrected chi connectivity index (χ3v) is 4.67. The molecule has 2 bridgehead atoms. The van der Waals surface area contributed by atoms with E-state index in [0.29, 0.717) is 12.8 Å². The van der Waals surface area contributed by atoms with Crippen molar-refractivity contribution >= 4 is 11.9 Å². The Morgan fingerprint density at radius 1 is 1.32 bits per heavy atom. The molecule has 0 aromatic rings. The molecule has 0 aromatic heterocycles. The number of aliphatic carboxylic acids is 1. The van der Waals surface area contributed by atoms with Crippen LogP contribution in [0.1, 0.15) is 52.4 Å². The van der Waals surface area contributed by atoms with E-state index in [1.54, 1.807) is 0 Å². The van der Waals surface area contributed by atoms with Crippen molar-refractivity contribution in [2.24, 2.45) is 5.92 Å². The minimum Gasteiger partial charge on any atom is -0.481 e. The number of carbonyl (C=O) groups is 2. The quantitative estimate of drug-likeness (QED) is 0.769. The number of fused-ring (bicyclic) bond motifs is 2. The van der Waals surface area contributed by atoms with Crippen LogP contribution < -0.4 is 5.32 Å². The number of hydrogen-bond donors (Lipinski definition) is 2. The van der Waals surface area contributed by atoms with E-state index >= 15 is 0 Å². The minimum atomic E-state index is -0.867. The number of carboxylic acids is 1. The fraction of sp³-hybridized carbons (Fsp3) is 0.857. The van der Waals surface area contributed by atoms with Crippen LogP contribution in [0.15, 0.2) is 0 Å². The molecule has 3 atom stereocenters. The summed E-state index contributed by atoms with van der Waals surface area (Å²) in [6.45, 7) is 3.84. The fourth-order valence-electron chi connectivity index (χ4n) is 3.28. The summed E-state index contributed by atoms with van der Waals surface area (Å²) in [6, 6.07) is 0. The summed E-state index contributed by atoms with van der Waals surface area (Å²) in [4.78, 5) is 23.4. The number of hydrogen-bond acceptors (Lipinski definition) is 3. The number of amides is 1. The van der Waals surface area contributed by atoms with Crippen molar-refractivity contribution < 1.29 is 19.4 Å². The van der Waals surface area contributed by atoms with Crippen molar-refractivity contribution in [2.45, 2.75) is 70.1 Å². The first-order valence-electron chi connectivity index (χ1n) is 7.19. The molecule has 5 heteroatoms. The predicted octanol–water partition coefficient (Wildman–Crippen LogP) is 1.70. The van der Waals surface area contributed by atoms with Crippen LogP contribution in [0.3, 0.4) is 0 Å². The highest BCUT2D eigenvalue weighted by Crippen LogP contribution is 2.39. The van der Waals surface area contributed by atoms with Gasteiger partial charge in [0, 0.05) is 5.54 Å². The molecule has 2 rings (SSSR count). The molecule has 1 amide bonds. The molecule has 0 spiro atoms. The summed E-state index contributed by atoms with van der Waals surface area (Å²) in [6.07, 6.45) is 4.30. The molecule has 2 N–H and O–H groups in total. The van der Waals surface area contributed by atoms with E-state index in [1.165, 1.54) is 0 Å². The van der Waals surface area contributed by atoms with Gasteiger partial charge < -0.3 is 15.2 Å². The molecule has 2 aliphatic heterocycles. The first kappa shape index (κ1) is 14.3. The van der Waals surface area contributed by atoms with Crippen LogP contribution in [0, 0.1) is 5.92 Å². The van der Waals surface area contributed by atoms with Gasteiger partial charge in [-0.3, -0.25) is 9.59 Å². The second kappa shape index (κ2) is 5.49. The van der Waals surface area contributed by atoms with Gasteiger partial charge >= 0.3 is 5.97 Å². The molecule has 2 heterocycles. The molecule has 2 saturated heterocycles. The highest BCUT2D eigenvalue weighted by atomic mass is 16.5. The molecule has 0 saturated carbocycles. The van der Waals surface area contributed by atoms with E-state index in [1.807, 2.05) is 13.8 Å². The van der Waals surface area contributed by atoms with Gasteiger partial charge in [0.15, 0.2) is 0 Å². The van der Waals surface area contributed by atoms with Gasteiger partial charge in [0.05, 0.1) is 24.5 Å². The van der Waals surface area contributed by atoms with Gasteiger partial charge in [-0.15, -0.1) is 0 Å². The molecule has 19 heavy (non-hydrogen) atoms. The van der Waals surface area contributed by atoms with E-state index in [2.05, 4.69) is 5.32 Å². The van der Waals surface area contributed by atoms with E-state index in [4.69, 9.17) is 9.84 Å². The number of carbonyl (C=O) groups excluding carboxylic acids is 1. The molecule has 108 valence electrons. The molecule has 0 aromatic carbocycles. The van der Waals surface area contributed by atoms with Gasteiger partial charge in [-0.1, -0.05) is 13.8 Å². The van der Waals surface area contributed by atoms with Crippen LogP contribution in [-0.2, 0) is 14.3 Å². The summed E-state index contributed by atoms with van der Waals surface area (Å²) >= 11 is 0. The third kappa shape index (κ3) is 2.91. The van der Waals surface area contributed by atoms with Gasteiger partial charge in [-0.25, -0.2) is 0 Å². The molecule has 2 fully saturated rings. The average Bonchev–Trinajstić information content (AvgIpc) is 2.99. The second-order valence-corrected chi connectivity index (χ2v) is 5.76. The topological polar surface area (TPSA) is 75.6 Å². The van der Waals surface area contributed by atoms with Crippen molar-refractivity contribution in [1.82, 2.24) is 5.32 Å². The van der Waals surface area contributed by atoms with Gasteiger partial charge in [0.1, 0.15) is 0 Å². The summed E-state index contributed by atoms with van der Waals surface area (Å²) < 4.78 is 5.69. The number of carboxylic acid groups (broad SMARTS) is 1. The third-order valence-electron chi connectivity index (χ3n) is 4.67. The average molecular weight is 269 g/mol. The Morgan fingerprint density at radius 3 is 2.42 bits per heavy atom. The first-order valence-corrected chi connectivity index (χ1v) is 7.19. The Hall–Kier alpha value is -1.10. The zero-order valence-electron chi connectivity index (χ0n) is 11.6. The summed E-state index contributed by atoms with van der Waals surface area (Å²) in [7, 11) is 0. The highest BCUT2D eigenvalue weighted by Gasteiger charge is 2.46. The lowest BCUT2D eigenvalue weighted by molar-refractivity contribution is -0.139. The van der Waals surface area contributed by atoms with Gasteiger partial charge in [0.2, 0.25) is 5.91 Å². The van der Waals surface area contributed by atoms with Crippen molar-refractivity contribution in [1.29, 1.82) is 0 Å². The summed E-state index contributed by atoms with van der Waals surface area (Å²) in [5, 5.41) is 12.0. The van der Waals surface area contributed by atoms with E-state index in [9.17, 15) is 9.59 Å². The first-order chi connectivity index (χ1) is 8.99. The lowest BCUT2D eigenvalue weighted by Crippen LogP contribution is -2.52. The minimum absolute atomic E-state index is 0.0204. The number of nitrogens with one attached hydrogen (secondary N) is 1. The molecular formula is C14H23NO4. The van der Waals surface area contributed by atoms with E-state index in [0.717, 1.165) is 19.3 Å². The Balaban J connectivity index is 2.00. The smallest absolute Gasteiger partial charge is 0.305 e. The van der Waals surface area contributed by atoms with Crippen LogP contribution in [-0.4, -0.2) is 34.7 Å². The van der Waals surface area contributed by atoms with Crippen LogP contribution in [0.5, 0.6) is 0 Å². The van der Waals surface area contributed by atoms with E-state index in [-0.39, 0.29) is 30.5 Å². The zero-order valence-corrected chi connectivity index (χ0v) is 11.6. The van der Waals surface area contributed by atoms with Crippen molar-refractivity contribution in [3.05, 3.63) is 0 Å². The second-order valence-electron chi connectivity index (χ2n) is 5.76. The molecule has 3 unspecified atom stereocenters. The maximum atomic E-state index is 12.4. The normalized spacial score (nSPS) is 29.5. The standard InChI is InChI=1S/C14H23NO4/c1-3-14(4-2,8-12(16)17)15-13(18)10-7-9-5-6-11(10)19-9/h9-11H,3-8H2,1-2H3,(H,15,18)(H,16,17). The summed E-state index contributed by atoms with van der Waals surface area (Å²) in [5.41, 5.74) is -0.620. The Kier molecular flexibility index (Phi) is 4.13. The lowest BCUT2D eigenvalue weighted by atomic mass is 9.85. The predicted molar refractivity (Wildman–Crippen MR) is 69.7 cm³/mol. The van der Waals surface area contributed by atoms with Gasteiger partial charge in [0.25, 0.3) is 0 Å². The lowest BCUT2D eigenvalue weighted by Gasteiger charge is -2.33.